The summed E-state index contributed by atoms with van der Waals surface area (Å²) >= 11 is 0. The number of benzene rings is 1. The Hall–Kier alpha value is -1.57. The van der Waals surface area contributed by atoms with Gasteiger partial charge < -0.3 is 4.74 Å². The smallest absolute Gasteiger partial charge is 0.155 e. The molecule has 0 saturated heterocycles. The second-order valence-electron chi connectivity index (χ2n) is 4.61. The fourth-order valence-corrected chi connectivity index (χ4v) is 2.29. The van der Waals surface area contributed by atoms with Crippen molar-refractivity contribution in [2.24, 2.45) is 0 Å². The van der Waals surface area contributed by atoms with Gasteiger partial charge in [0.05, 0.1) is 7.11 Å². The minimum absolute atomic E-state index is 0.262. The van der Waals surface area contributed by atoms with Crippen LogP contribution in [-0.4, -0.2) is 12.9 Å². The maximum atomic E-state index is 11.4. The van der Waals surface area contributed by atoms with Gasteiger partial charge in [-0.05, 0) is 43.9 Å². The summed E-state index contributed by atoms with van der Waals surface area (Å²) in [5.41, 5.74) is 3.63. The topological polar surface area (TPSA) is 26.3 Å². The molecule has 1 aromatic carbocycles. The van der Waals surface area contributed by atoms with E-state index in [-0.39, 0.29) is 5.78 Å². The SMILES string of the molecule is COc1ccc(C)cc1CC1=CC(=O)CCC1. The summed E-state index contributed by atoms with van der Waals surface area (Å²) in [7, 11) is 1.69. The first-order chi connectivity index (χ1) is 8.19. The van der Waals surface area contributed by atoms with Crippen LogP contribution in [0.2, 0.25) is 0 Å². The molecular weight excluding hydrogens is 212 g/mol. The zero-order valence-electron chi connectivity index (χ0n) is 10.5. The number of aryl methyl sites for hydroxylation is 1. The van der Waals surface area contributed by atoms with Gasteiger partial charge in [-0.3, -0.25) is 4.79 Å². The first-order valence-electron chi connectivity index (χ1n) is 6.05. The molecule has 2 heteroatoms. The number of rotatable bonds is 3. The second kappa shape index (κ2) is 5.17. The van der Waals surface area contributed by atoms with Crippen LogP contribution in [0, 0.1) is 6.92 Å². The Labute approximate surface area is 102 Å². The zero-order valence-corrected chi connectivity index (χ0v) is 10.5. The molecule has 0 heterocycles. The zero-order chi connectivity index (χ0) is 12.3. The standard InChI is InChI=1S/C15H18O2/c1-11-6-7-15(17-2)13(8-11)9-12-4-3-5-14(16)10-12/h6-8,10H,3-5,9H2,1-2H3. The molecular formula is C15H18O2. The number of methoxy groups -OCH3 is 1. The average Bonchev–Trinajstić information content (AvgIpc) is 2.29. The molecule has 0 unspecified atom stereocenters. The summed E-state index contributed by atoms with van der Waals surface area (Å²) in [6.07, 6.45) is 5.36. The Kier molecular flexibility index (Phi) is 3.62. The maximum absolute atomic E-state index is 11.4. The fraction of sp³-hybridized carbons (Fsp3) is 0.400. The van der Waals surface area contributed by atoms with Crippen LogP contribution >= 0.6 is 0 Å². The lowest BCUT2D eigenvalue weighted by atomic mass is 9.92. The summed E-state index contributed by atoms with van der Waals surface area (Å²) in [5.74, 6) is 1.17. The highest BCUT2D eigenvalue weighted by Crippen LogP contribution is 2.26. The number of hydrogen-bond donors (Lipinski definition) is 0. The van der Waals surface area contributed by atoms with Crippen LogP contribution in [0.1, 0.15) is 30.4 Å². The van der Waals surface area contributed by atoms with Gasteiger partial charge in [-0.1, -0.05) is 23.3 Å². The van der Waals surface area contributed by atoms with Crippen LogP contribution < -0.4 is 4.74 Å². The van der Waals surface area contributed by atoms with Gasteiger partial charge in [-0.2, -0.15) is 0 Å². The molecule has 0 fully saturated rings. The molecule has 1 aliphatic rings. The number of ketones is 1. The lowest BCUT2D eigenvalue weighted by Gasteiger charge is -2.14. The van der Waals surface area contributed by atoms with Gasteiger partial charge in [0.15, 0.2) is 5.78 Å². The van der Waals surface area contributed by atoms with Gasteiger partial charge in [0.25, 0.3) is 0 Å². The van der Waals surface area contributed by atoms with E-state index in [0.29, 0.717) is 6.42 Å². The van der Waals surface area contributed by atoms with Gasteiger partial charge in [0.1, 0.15) is 5.75 Å². The molecule has 2 rings (SSSR count). The lowest BCUT2D eigenvalue weighted by molar-refractivity contribution is -0.115. The van der Waals surface area contributed by atoms with E-state index in [2.05, 4.69) is 13.0 Å². The third kappa shape index (κ3) is 2.96. The van der Waals surface area contributed by atoms with Crippen molar-refractivity contribution in [1.82, 2.24) is 0 Å². The molecule has 0 aromatic heterocycles. The van der Waals surface area contributed by atoms with Gasteiger partial charge in [0, 0.05) is 6.42 Å². The van der Waals surface area contributed by atoms with E-state index in [1.165, 1.54) is 16.7 Å². The van der Waals surface area contributed by atoms with Gasteiger partial charge in [-0.15, -0.1) is 0 Å². The van der Waals surface area contributed by atoms with Crippen molar-refractivity contribution in [3.8, 4) is 5.75 Å². The predicted molar refractivity (Wildman–Crippen MR) is 68.4 cm³/mol. The number of carbonyl (C=O) groups is 1. The van der Waals surface area contributed by atoms with E-state index < -0.39 is 0 Å². The van der Waals surface area contributed by atoms with E-state index in [1.54, 1.807) is 7.11 Å². The summed E-state index contributed by atoms with van der Waals surface area (Å²) in [6, 6.07) is 6.18. The highest BCUT2D eigenvalue weighted by molar-refractivity contribution is 5.91. The molecule has 17 heavy (non-hydrogen) atoms. The highest BCUT2D eigenvalue weighted by atomic mass is 16.5. The molecule has 0 atom stereocenters. The molecule has 1 aromatic rings. The molecule has 0 saturated carbocycles. The quantitative estimate of drug-likeness (QED) is 0.797. The van der Waals surface area contributed by atoms with Crippen LogP contribution in [0.5, 0.6) is 5.75 Å². The van der Waals surface area contributed by atoms with E-state index in [4.69, 9.17) is 4.74 Å². The molecule has 0 bridgehead atoms. The largest absolute Gasteiger partial charge is 0.496 e. The molecule has 2 nitrogen and oxygen atoms in total. The monoisotopic (exact) mass is 230 g/mol. The molecule has 0 radical (unpaired) electrons. The van der Waals surface area contributed by atoms with Crippen molar-refractivity contribution >= 4 is 5.78 Å². The van der Waals surface area contributed by atoms with Crippen molar-refractivity contribution in [1.29, 1.82) is 0 Å². The Balaban J connectivity index is 2.23. The summed E-state index contributed by atoms with van der Waals surface area (Å²) in [6.45, 7) is 2.07. The van der Waals surface area contributed by atoms with Crippen LogP contribution in [0.15, 0.2) is 29.8 Å². The van der Waals surface area contributed by atoms with Crippen molar-refractivity contribution < 1.29 is 9.53 Å². The van der Waals surface area contributed by atoms with E-state index in [9.17, 15) is 4.79 Å². The first kappa shape index (κ1) is 11.9. The second-order valence-corrected chi connectivity index (χ2v) is 4.61. The molecule has 0 spiro atoms. The highest BCUT2D eigenvalue weighted by Gasteiger charge is 2.12. The number of allylic oxidation sites excluding steroid dienone is 2. The average molecular weight is 230 g/mol. The number of carbonyl (C=O) groups excluding carboxylic acids is 1. The van der Waals surface area contributed by atoms with Crippen molar-refractivity contribution in [2.75, 3.05) is 7.11 Å². The van der Waals surface area contributed by atoms with Crippen LogP contribution in [0.4, 0.5) is 0 Å². The molecule has 1 aliphatic carbocycles. The Morgan fingerprint density at radius 3 is 2.82 bits per heavy atom. The minimum atomic E-state index is 0.262. The Morgan fingerprint density at radius 1 is 1.29 bits per heavy atom. The molecule has 90 valence electrons. The summed E-state index contributed by atoms with van der Waals surface area (Å²) < 4.78 is 5.36. The normalized spacial score (nSPS) is 15.6. The minimum Gasteiger partial charge on any atom is -0.496 e. The van der Waals surface area contributed by atoms with Crippen molar-refractivity contribution in [2.45, 2.75) is 32.6 Å². The van der Waals surface area contributed by atoms with Gasteiger partial charge in [-0.25, -0.2) is 0 Å². The molecule has 0 N–H and O–H groups in total. The summed E-state index contributed by atoms with van der Waals surface area (Å²) in [5, 5.41) is 0. The number of ether oxygens (including phenoxy) is 1. The summed E-state index contributed by atoms with van der Waals surface area (Å²) in [4.78, 5) is 11.4. The van der Waals surface area contributed by atoms with E-state index in [1.807, 2.05) is 18.2 Å². The van der Waals surface area contributed by atoms with Crippen LogP contribution in [0.3, 0.4) is 0 Å². The third-order valence-electron chi connectivity index (χ3n) is 3.14. The number of hydrogen-bond acceptors (Lipinski definition) is 2. The van der Waals surface area contributed by atoms with Crippen molar-refractivity contribution in [3.63, 3.8) is 0 Å². The molecule has 0 aliphatic heterocycles. The van der Waals surface area contributed by atoms with Gasteiger partial charge >= 0.3 is 0 Å². The lowest BCUT2D eigenvalue weighted by Crippen LogP contribution is -2.05. The molecule has 0 amide bonds. The van der Waals surface area contributed by atoms with E-state index >= 15 is 0 Å². The maximum Gasteiger partial charge on any atom is 0.155 e. The van der Waals surface area contributed by atoms with Crippen LogP contribution in [0.25, 0.3) is 0 Å². The third-order valence-corrected chi connectivity index (χ3v) is 3.14. The van der Waals surface area contributed by atoms with Crippen LogP contribution in [-0.2, 0) is 11.2 Å². The first-order valence-corrected chi connectivity index (χ1v) is 6.05. The predicted octanol–water partition coefficient (Wildman–Crippen LogP) is 3.23. The van der Waals surface area contributed by atoms with E-state index in [0.717, 1.165) is 25.0 Å². The Bertz CT molecular complexity index is 458. The fourth-order valence-electron chi connectivity index (χ4n) is 2.29. The Morgan fingerprint density at radius 2 is 2.12 bits per heavy atom. The van der Waals surface area contributed by atoms with Gasteiger partial charge in [0.2, 0.25) is 0 Å². The van der Waals surface area contributed by atoms with Crippen molar-refractivity contribution in [3.05, 3.63) is 41.0 Å².